The highest BCUT2D eigenvalue weighted by Gasteiger charge is 2.20. The van der Waals surface area contributed by atoms with E-state index in [2.05, 4.69) is 40.1 Å². The largest absolute Gasteiger partial charge is 0.316 e. The SMILES string of the molecule is CC(c1cc(Br)ccc1F)N(C)CC1CCCNC1. The first-order valence-electron chi connectivity index (χ1n) is 6.94. The molecule has 0 spiro atoms. The monoisotopic (exact) mass is 328 g/mol. The predicted molar refractivity (Wildman–Crippen MR) is 80.7 cm³/mol. The van der Waals surface area contributed by atoms with Gasteiger partial charge in [0.1, 0.15) is 5.82 Å². The van der Waals surface area contributed by atoms with E-state index in [0.717, 1.165) is 29.7 Å². The fraction of sp³-hybridized carbons (Fsp3) is 0.600. The van der Waals surface area contributed by atoms with Gasteiger partial charge in [0.15, 0.2) is 0 Å². The number of benzene rings is 1. The van der Waals surface area contributed by atoms with Crippen molar-refractivity contribution in [3.63, 3.8) is 0 Å². The Kier molecular flexibility index (Phi) is 5.37. The molecule has 2 unspecified atom stereocenters. The van der Waals surface area contributed by atoms with Crippen molar-refractivity contribution in [2.45, 2.75) is 25.8 Å². The maximum absolute atomic E-state index is 13.9. The van der Waals surface area contributed by atoms with Gasteiger partial charge in [0, 0.05) is 22.6 Å². The van der Waals surface area contributed by atoms with Crippen LogP contribution in [-0.2, 0) is 0 Å². The van der Waals surface area contributed by atoms with Gasteiger partial charge >= 0.3 is 0 Å². The quantitative estimate of drug-likeness (QED) is 0.908. The molecule has 1 aromatic carbocycles. The second kappa shape index (κ2) is 6.82. The third-order valence-corrected chi connectivity index (χ3v) is 4.51. The van der Waals surface area contributed by atoms with Gasteiger partial charge in [0.05, 0.1) is 0 Å². The van der Waals surface area contributed by atoms with Gasteiger partial charge < -0.3 is 5.32 Å². The van der Waals surface area contributed by atoms with Gasteiger partial charge in [-0.1, -0.05) is 15.9 Å². The van der Waals surface area contributed by atoms with Crippen molar-refractivity contribution in [3.05, 3.63) is 34.1 Å². The van der Waals surface area contributed by atoms with Crippen molar-refractivity contribution >= 4 is 15.9 Å². The molecule has 1 saturated heterocycles. The van der Waals surface area contributed by atoms with Crippen LogP contribution in [0.5, 0.6) is 0 Å². The van der Waals surface area contributed by atoms with Crippen molar-refractivity contribution < 1.29 is 4.39 Å². The molecule has 0 aromatic heterocycles. The van der Waals surface area contributed by atoms with Gasteiger partial charge in [-0.15, -0.1) is 0 Å². The van der Waals surface area contributed by atoms with Crippen molar-refractivity contribution in [2.75, 3.05) is 26.7 Å². The highest BCUT2D eigenvalue weighted by molar-refractivity contribution is 9.10. The molecule has 1 N–H and O–H groups in total. The molecule has 2 nitrogen and oxygen atoms in total. The van der Waals surface area contributed by atoms with Crippen LogP contribution in [0.1, 0.15) is 31.4 Å². The first-order chi connectivity index (χ1) is 9.08. The fourth-order valence-electron chi connectivity index (χ4n) is 2.72. The molecule has 2 rings (SSSR count). The number of rotatable bonds is 4. The van der Waals surface area contributed by atoms with Gasteiger partial charge in [0.2, 0.25) is 0 Å². The molecule has 0 aliphatic carbocycles. The number of halogens is 2. The minimum absolute atomic E-state index is 0.0967. The highest BCUT2D eigenvalue weighted by Crippen LogP contribution is 2.26. The van der Waals surface area contributed by atoms with Crippen LogP contribution in [0.15, 0.2) is 22.7 Å². The lowest BCUT2D eigenvalue weighted by Crippen LogP contribution is -2.37. The third kappa shape index (κ3) is 4.01. The first-order valence-corrected chi connectivity index (χ1v) is 7.73. The molecule has 2 atom stereocenters. The van der Waals surface area contributed by atoms with E-state index < -0.39 is 0 Å². The van der Waals surface area contributed by atoms with E-state index in [9.17, 15) is 4.39 Å². The fourth-order valence-corrected chi connectivity index (χ4v) is 3.10. The van der Waals surface area contributed by atoms with E-state index in [1.165, 1.54) is 18.9 Å². The van der Waals surface area contributed by atoms with Gasteiger partial charge in [-0.05, 0) is 64.0 Å². The summed E-state index contributed by atoms with van der Waals surface area (Å²) in [6.45, 7) is 5.30. The Morgan fingerprint density at radius 2 is 2.32 bits per heavy atom. The summed E-state index contributed by atoms with van der Waals surface area (Å²) in [7, 11) is 2.08. The summed E-state index contributed by atoms with van der Waals surface area (Å²) in [4.78, 5) is 2.25. The first kappa shape index (κ1) is 14.9. The summed E-state index contributed by atoms with van der Waals surface area (Å²) in [5, 5.41) is 3.43. The number of nitrogens with one attached hydrogen (secondary N) is 1. The van der Waals surface area contributed by atoms with Crippen LogP contribution in [0, 0.1) is 11.7 Å². The van der Waals surface area contributed by atoms with Crippen LogP contribution in [0.2, 0.25) is 0 Å². The van der Waals surface area contributed by atoms with Gasteiger partial charge in [0.25, 0.3) is 0 Å². The van der Waals surface area contributed by atoms with Crippen LogP contribution in [-0.4, -0.2) is 31.6 Å². The summed E-state index contributed by atoms with van der Waals surface area (Å²) in [6, 6.07) is 5.26. The predicted octanol–water partition coefficient (Wildman–Crippen LogP) is 3.58. The Labute approximate surface area is 123 Å². The van der Waals surface area contributed by atoms with Gasteiger partial charge in [-0.2, -0.15) is 0 Å². The summed E-state index contributed by atoms with van der Waals surface area (Å²) >= 11 is 3.42. The Balaban J connectivity index is 2.01. The average molecular weight is 329 g/mol. The summed E-state index contributed by atoms with van der Waals surface area (Å²) in [5.41, 5.74) is 0.764. The number of nitrogens with zero attached hydrogens (tertiary/aromatic N) is 1. The van der Waals surface area contributed by atoms with E-state index in [1.54, 1.807) is 6.07 Å². The second-order valence-corrected chi connectivity index (χ2v) is 6.41. The Bertz CT molecular complexity index is 419. The normalized spacial score (nSPS) is 21.6. The van der Waals surface area contributed by atoms with E-state index in [1.807, 2.05) is 6.07 Å². The highest BCUT2D eigenvalue weighted by atomic mass is 79.9. The summed E-state index contributed by atoms with van der Waals surface area (Å²) in [6.07, 6.45) is 2.52. The molecule has 106 valence electrons. The molecule has 1 aromatic rings. The topological polar surface area (TPSA) is 15.3 Å². The molecular formula is C15H22BrFN2. The van der Waals surface area contributed by atoms with Crippen LogP contribution in [0.25, 0.3) is 0 Å². The van der Waals surface area contributed by atoms with E-state index in [-0.39, 0.29) is 11.9 Å². The van der Waals surface area contributed by atoms with Crippen molar-refractivity contribution in [3.8, 4) is 0 Å². The number of hydrogen-bond acceptors (Lipinski definition) is 2. The zero-order valence-corrected chi connectivity index (χ0v) is 13.2. The molecular weight excluding hydrogens is 307 g/mol. The Morgan fingerprint density at radius 3 is 3.00 bits per heavy atom. The summed E-state index contributed by atoms with van der Waals surface area (Å²) < 4.78 is 14.8. The van der Waals surface area contributed by atoms with E-state index >= 15 is 0 Å². The Morgan fingerprint density at radius 1 is 1.53 bits per heavy atom. The molecule has 1 aliphatic rings. The van der Waals surface area contributed by atoms with Crippen molar-refractivity contribution in [1.29, 1.82) is 0 Å². The van der Waals surface area contributed by atoms with Crippen LogP contribution >= 0.6 is 15.9 Å². The van der Waals surface area contributed by atoms with Crippen molar-refractivity contribution in [1.82, 2.24) is 10.2 Å². The molecule has 1 aliphatic heterocycles. The molecule has 0 saturated carbocycles. The molecule has 0 radical (unpaired) electrons. The smallest absolute Gasteiger partial charge is 0.128 e. The van der Waals surface area contributed by atoms with E-state index in [4.69, 9.17) is 0 Å². The Hall–Kier alpha value is -0.450. The zero-order chi connectivity index (χ0) is 13.8. The molecule has 4 heteroatoms. The average Bonchev–Trinajstić information content (AvgIpc) is 2.42. The van der Waals surface area contributed by atoms with E-state index in [0.29, 0.717) is 5.92 Å². The minimum atomic E-state index is -0.121. The molecule has 19 heavy (non-hydrogen) atoms. The number of piperidine rings is 1. The maximum atomic E-state index is 13.9. The lowest BCUT2D eigenvalue weighted by atomic mass is 9.97. The van der Waals surface area contributed by atoms with Crippen LogP contribution < -0.4 is 5.32 Å². The number of hydrogen-bond donors (Lipinski definition) is 1. The van der Waals surface area contributed by atoms with Gasteiger partial charge in [-0.25, -0.2) is 4.39 Å². The molecule has 0 amide bonds. The lowest BCUT2D eigenvalue weighted by Gasteiger charge is -2.31. The molecule has 1 heterocycles. The zero-order valence-electron chi connectivity index (χ0n) is 11.6. The maximum Gasteiger partial charge on any atom is 0.128 e. The summed E-state index contributed by atoms with van der Waals surface area (Å²) in [5.74, 6) is 0.556. The van der Waals surface area contributed by atoms with Crippen LogP contribution in [0.3, 0.4) is 0 Å². The van der Waals surface area contributed by atoms with Crippen LogP contribution in [0.4, 0.5) is 4.39 Å². The minimum Gasteiger partial charge on any atom is -0.316 e. The standard InChI is InChI=1S/C15H22BrFN2/c1-11(14-8-13(16)5-6-15(14)17)19(2)10-12-4-3-7-18-9-12/h5-6,8,11-12,18H,3-4,7,9-10H2,1-2H3. The van der Waals surface area contributed by atoms with Gasteiger partial charge in [-0.3, -0.25) is 4.90 Å². The molecule has 0 bridgehead atoms. The lowest BCUT2D eigenvalue weighted by molar-refractivity contribution is 0.196. The second-order valence-electron chi connectivity index (χ2n) is 5.49. The van der Waals surface area contributed by atoms with Crippen molar-refractivity contribution in [2.24, 2.45) is 5.92 Å². The molecule has 1 fully saturated rings. The third-order valence-electron chi connectivity index (χ3n) is 4.01.